The molecule has 2 heteroatoms. The van der Waals surface area contributed by atoms with E-state index in [0.29, 0.717) is 15.7 Å². The van der Waals surface area contributed by atoms with Crippen molar-refractivity contribution < 1.29 is 44.2 Å². The highest BCUT2D eigenvalue weighted by atomic mass is 16.3. The van der Waals surface area contributed by atoms with Crippen molar-refractivity contribution in [2.24, 2.45) is 0 Å². The van der Waals surface area contributed by atoms with Crippen molar-refractivity contribution in [2.45, 2.75) is 0 Å². The third-order valence-electron chi connectivity index (χ3n) is 9.36. The second-order valence-electron chi connectivity index (χ2n) is 12.6. The van der Waals surface area contributed by atoms with E-state index in [2.05, 4.69) is 0 Å². The highest BCUT2D eigenvalue weighted by Crippen LogP contribution is 2.45. The monoisotopic (exact) mass is 768 g/mol. The van der Waals surface area contributed by atoms with E-state index in [1.807, 2.05) is 0 Å². The molecule has 11 rings (SSSR count). The van der Waals surface area contributed by atoms with E-state index in [9.17, 15) is 17.8 Å². The van der Waals surface area contributed by atoms with Gasteiger partial charge in [-0.1, -0.05) is 175 Å². The van der Waals surface area contributed by atoms with Crippen LogP contribution in [0.2, 0.25) is 0 Å². The first-order valence-electron chi connectivity index (χ1n) is 32.0. The summed E-state index contributed by atoms with van der Waals surface area (Å²) in [5.41, 5.74) is -6.76. The predicted octanol–water partition coefficient (Wildman–Crippen LogP) is 16.0. The molecule has 0 saturated heterocycles. The minimum atomic E-state index is -1.20. The Labute approximate surface area is 378 Å². The first kappa shape index (κ1) is 15.3. The van der Waals surface area contributed by atoms with E-state index in [4.69, 9.17) is 26.3 Å². The van der Waals surface area contributed by atoms with Gasteiger partial charge >= 0.3 is 0 Å². The van der Waals surface area contributed by atoms with Gasteiger partial charge in [-0.05, 0) is 109 Å². The molecule has 0 unspecified atom stereocenters. The zero-order valence-corrected chi connectivity index (χ0v) is 29.5. The standard InChI is InChI=1S/C56H37NO/c1-3-13-38(14-4-1)40-25-31-44(32-26-40)57(45-33-27-41(28-34-45)39-15-5-2-6-16-39)46-35-29-43(30-36-46)48-22-12-24-54-55(48)53-37-52(50-20-9-10-21-51(50)56(53)58-54)49-23-11-18-42-17-7-8-19-47(42)49/h1-37H/i1D,2D,3D,4D,5D,6D,7D,8D,11D,13D,14D,15D,16D,17D,18D,19D,23D,25D,26D,27D,28D,29D,30D,31D,32D,33D,34D,35D,36D. The van der Waals surface area contributed by atoms with Gasteiger partial charge in [0.15, 0.2) is 0 Å². The average Bonchev–Trinajstić information content (AvgIpc) is 1.67. The van der Waals surface area contributed by atoms with E-state index < -0.39 is 220 Å². The van der Waals surface area contributed by atoms with Crippen LogP contribution < -0.4 is 4.90 Å². The number of hydrogen-bond donors (Lipinski definition) is 0. The molecule has 0 bridgehead atoms. The molecule has 10 aromatic carbocycles. The average molecular weight is 769 g/mol. The van der Waals surface area contributed by atoms with Crippen LogP contribution >= 0.6 is 0 Å². The summed E-state index contributed by atoms with van der Waals surface area (Å²) in [6.07, 6.45) is 0. The van der Waals surface area contributed by atoms with Crippen molar-refractivity contribution in [3.8, 4) is 44.5 Å². The maximum atomic E-state index is 9.82. The Balaban J connectivity index is 1.24. The lowest BCUT2D eigenvalue weighted by Gasteiger charge is -2.26. The SMILES string of the molecule is [2H]c1c([2H])c([2H])c(-c2c([2H])c([2H])c(N(c3c([2H])c([2H])c(-c4c([2H])c([2H])c([2H])c([2H])c4[2H])c([2H])c3[2H])c3c([2H])c([2H])c(-c4cccc5oc6c7ccccc7c(-c7c([2H])c([2H])c([2H])c8c([2H])c([2H])c([2H])c([2H])c78)cc6c45)c([2H])c3[2H])c([2H])c2[2H])c([2H])c1[2H]. The van der Waals surface area contributed by atoms with Gasteiger partial charge in [-0.15, -0.1) is 0 Å². The molecule has 0 atom stereocenters. The van der Waals surface area contributed by atoms with E-state index in [1.54, 1.807) is 24.3 Å². The molecule has 0 aliphatic carbocycles. The Morgan fingerprint density at radius 1 is 0.362 bits per heavy atom. The lowest BCUT2D eigenvalue weighted by Crippen LogP contribution is -2.09. The molecule has 0 radical (unpaired) electrons. The van der Waals surface area contributed by atoms with Crippen LogP contribution in [0.25, 0.3) is 88.0 Å². The van der Waals surface area contributed by atoms with Crippen molar-refractivity contribution in [2.75, 3.05) is 4.90 Å². The van der Waals surface area contributed by atoms with Gasteiger partial charge in [-0.2, -0.15) is 0 Å². The molecule has 2 nitrogen and oxygen atoms in total. The lowest BCUT2D eigenvalue weighted by atomic mass is 9.91. The summed E-state index contributed by atoms with van der Waals surface area (Å²) in [6, 6.07) is -14.4. The van der Waals surface area contributed by atoms with Crippen LogP contribution in [0.5, 0.6) is 0 Å². The quantitative estimate of drug-likeness (QED) is 0.161. The largest absolute Gasteiger partial charge is 0.455 e. The van der Waals surface area contributed by atoms with E-state index in [-0.39, 0.29) is 49.4 Å². The third-order valence-corrected chi connectivity index (χ3v) is 9.36. The predicted molar refractivity (Wildman–Crippen MR) is 245 cm³/mol. The Hall–Kier alpha value is -7.68. The number of benzene rings is 10. The summed E-state index contributed by atoms with van der Waals surface area (Å²) < 4.78 is 267. The van der Waals surface area contributed by atoms with E-state index >= 15 is 0 Å². The van der Waals surface area contributed by atoms with Gasteiger partial charge in [0, 0.05) is 33.2 Å². The summed E-state index contributed by atoms with van der Waals surface area (Å²) in [5.74, 6) is 0. The lowest BCUT2D eigenvalue weighted by molar-refractivity contribution is 0.673. The highest BCUT2D eigenvalue weighted by Gasteiger charge is 2.20. The van der Waals surface area contributed by atoms with Gasteiger partial charge in [0.1, 0.15) is 11.2 Å². The first-order chi connectivity index (χ1) is 40.8. The fourth-order valence-electron chi connectivity index (χ4n) is 6.80. The molecule has 1 aromatic heterocycles. The molecule has 0 saturated carbocycles. The Morgan fingerprint density at radius 2 is 0.897 bits per heavy atom. The Morgan fingerprint density at radius 3 is 1.53 bits per heavy atom. The third kappa shape index (κ3) is 5.82. The minimum Gasteiger partial charge on any atom is -0.455 e. The van der Waals surface area contributed by atoms with Crippen LogP contribution in [0.3, 0.4) is 0 Å². The van der Waals surface area contributed by atoms with Crippen LogP contribution in [0, 0.1) is 0 Å². The fraction of sp³-hybridized carbons (Fsp3) is 0. The van der Waals surface area contributed by atoms with Gasteiger partial charge < -0.3 is 9.32 Å². The molecule has 0 spiro atoms. The number of fused-ring (bicyclic) bond motifs is 6. The molecular weight excluding hydrogens is 703 g/mol. The Kier molecular flexibility index (Phi) is 3.73. The van der Waals surface area contributed by atoms with Crippen molar-refractivity contribution in [3.63, 3.8) is 0 Å². The van der Waals surface area contributed by atoms with Crippen molar-refractivity contribution >= 4 is 60.5 Å². The van der Waals surface area contributed by atoms with Crippen molar-refractivity contribution in [3.05, 3.63) is 224 Å². The maximum Gasteiger partial charge on any atom is 0.143 e. The summed E-state index contributed by atoms with van der Waals surface area (Å²) in [5, 5.41) is 0.453. The van der Waals surface area contributed by atoms with Crippen LogP contribution in [-0.4, -0.2) is 0 Å². The summed E-state index contributed by atoms with van der Waals surface area (Å²) in [4.78, 5) is 0.413. The molecule has 58 heavy (non-hydrogen) atoms. The number of nitrogens with zero attached hydrogens (tertiary/aromatic N) is 1. The minimum absolute atomic E-state index is 0.0671. The number of hydrogen-bond acceptors (Lipinski definition) is 2. The first-order valence-corrected chi connectivity index (χ1v) is 17.5. The van der Waals surface area contributed by atoms with Gasteiger partial charge in [-0.3, -0.25) is 0 Å². The van der Waals surface area contributed by atoms with Crippen LogP contribution in [-0.2, 0) is 0 Å². The second-order valence-corrected chi connectivity index (χ2v) is 12.6. The molecule has 1 heterocycles. The number of rotatable bonds is 7. The topological polar surface area (TPSA) is 16.4 Å². The fourth-order valence-corrected chi connectivity index (χ4v) is 6.80. The highest BCUT2D eigenvalue weighted by molar-refractivity contribution is 6.23. The van der Waals surface area contributed by atoms with Crippen molar-refractivity contribution in [1.29, 1.82) is 0 Å². The van der Waals surface area contributed by atoms with Gasteiger partial charge in [0.05, 0.1) is 39.8 Å². The number of furan rings is 1. The van der Waals surface area contributed by atoms with E-state index in [0.717, 1.165) is 0 Å². The molecule has 0 aliphatic heterocycles. The number of anilines is 3. The summed E-state index contributed by atoms with van der Waals surface area (Å²) in [7, 11) is 0. The van der Waals surface area contributed by atoms with E-state index in [1.165, 1.54) is 24.3 Å². The zero-order valence-electron chi connectivity index (χ0n) is 58.5. The van der Waals surface area contributed by atoms with Gasteiger partial charge in [0.25, 0.3) is 0 Å². The molecule has 0 N–H and O–H groups in total. The summed E-state index contributed by atoms with van der Waals surface area (Å²) in [6.45, 7) is 0. The van der Waals surface area contributed by atoms with Crippen LogP contribution in [0.1, 0.15) is 39.8 Å². The molecule has 11 aromatic rings. The molecule has 0 amide bonds. The maximum absolute atomic E-state index is 9.82. The smallest absolute Gasteiger partial charge is 0.143 e. The Bertz CT molecular complexity index is 4710. The molecule has 272 valence electrons. The zero-order chi connectivity index (χ0) is 63.7. The van der Waals surface area contributed by atoms with Gasteiger partial charge in [-0.25, -0.2) is 0 Å². The summed E-state index contributed by atoms with van der Waals surface area (Å²) >= 11 is 0. The van der Waals surface area contributed by atoms with Crippen molar-refractivity contribution in [1.82, 2.24) is 0 Å². The van der Waals surface area contributed by atoms with Gasteiger partial charge in [0.2, 0.25) is 0 Å². The molecular formula is C56H37NO. The normalized spacial score (nSPS) is 18.4. The molecule has 0 aliphatic rings. The van der Waals surface area contributed by atoms with Crippen LogP contribution in [0.4, 0.5) is 17.1 Å². The second kappa shape index (κ2) is 14.1. The molecule has 0 fully saturated rings. The van der Waals surface area contributed by atoms with Crippen LogP contribution in [0.15, 0.2) is 228 Å².